The SMILES string of the molecule is CCN/C=C(\C(=O)Nc1ccc(F)cc1)C(=O)Nc1ccc(Nc2ccnc3cc(OC)c(OC)cc23)cc1. The Morgan fingerprint density at radius 2 is 1.41 bits per heavy atom. The summed E-state index contributed by atoms with van der Waals surface area (Å²) in [7, 11) is 3.15. The molecule has 0 spiro atoms. The van der Waals surface area contributed by atoms with Crippen molar-refractivity contribution in [3.8, 4) is 11.5 Å². The minimum atomic E-state index is -0.630. The van der Waals surface area contributed by atoms with E-state index in [1.807, 2.05) is 25.1 Å². The van der Waals surface area contributed by atoms with E-state index < -0.39 is 17.6 Å². The molecular formula is C29H28FN5O4. The van der Waals surface area contributed by atoms with Gasteiger partial charge in [-0.25, -0.2) is 4.39 Å². The minimum absolute atomic E-state index is 0.129. The highest BCUT2D eigenvalue weighted by atomic mass is 19.1. The molecule has 39 heavy (non-hydrogen) atoms. The van der Waals surface area contributed by atoms with Crippen molar-refractivity contribution >= 4 is 45.5 Å². The molecule has 200 valence electrons. The number of hydrogen-bond acceptors (Lipinski definition) is 7. The van der Waals surface area contributed by atoms with E-state index in [9.17, 15) is 14.0 Å². The second kappa shape index (κ2) is 12.4. The summed E-state index contributed by atoms with van der Waals surface area (Å²) in [6, 6.07) is 17.8. The van der Waals surface area contributed by atoms with Crippen LogP contribution < -0.4 is 30.7 Å². The molecule has 0 atom stereocenters. The van der Waals surface area contributed by atoms with Crippen molar-refractivity contribution in [1.29, 1.82) is 0 Å². The van der Waals surface area contributed by atoms with E-state index in [4.69, 9.17) is 9.47 Å². The summed E-state index contributed by atoms with van der Waals surface area (Å²) in [5.74, 6) is -0.482. The van der Waals surface area contributed by atoms with Crippen LogP contribution in [-0.4, -0.2) is 37.6 Å². The molecule has 0 fully saturated rings. The highest BCUT2D eigenvalue weighted by Gasteiger charge is 2.19. The molecule has 0 radical (unpaired) electrons. The number of benzene rings is 3. The van der Waals surface area contributed by atoms with Crippen LogP contribution in [0.1, 0.15) is 6.92 Å². The molecule has 0 aliphatic carbocycles. The van der Waals surface area contributed by atoms with Crippen LogP contribution in [0.5, 0.6) is 11.5 Å². The summed E-state index contributed by atoms with van der Waals surface area (Å²) in [6.45, 7) is 2.36. The van der Waals surface area contributed by atoms with Gasteiger partial charge < -0.3 is 30.7 Å². The Balaban J connectivity index is 1.48. The Kier molecular flexibility index (Phi) is 8.57. The maximum atomic E-state index is 13.2. The summed E-state index contributed by atoms with van der Waals surface area (Å²) in [5.41, 5.74) is 3.05. The zero-order valence-corrected chi connectivity index (χ0v) is 21.7. The van der Waals surface area contributed by atoms with Crippen LogP contribution in [0, 0.1) is 5.82 Å². The third kappa shape index (κ3) is 6.61. The van der Waals surface area contributed by atoms with E-state index in [0.29, 0.717) is 29.4 Å². The Labute approximate surface area is 225 Å². The molecule has 0 unspecified atom stereocenters. The lowest BCUT2D eigenvalue weighted by atomic mass is 10.1. The van der Waals surface area contributed by atoms with Crippen LogP contribution >= 0.6 is 0 Å². The van der Waals surface area contributed by atoms with Crippen molar-refractivity contribution in [1.82, 2.24) is 10.3 Å². The van der Waals surface area contributed by atoms with Gasteiger partial charge in [0.05, 0.1) is 19.7 Å². The number of nitrogens with zero attached hydrogens (tertiary/aromatic N) is 1. The van der Waals surface area contributed by atoms with Gasteiger partial charge in [-0.3, -0.25) is 14.6 Å². The molecule has 10 heteroatoms. The molecular weight excluding hydrogens is 501 g/mol. The predicted molar refractivity (Wildman–Crippen MR) is 150 cm³/mol. The van der Waals surface area contributed by atoms with Crippen molar-refractivity contribution in [2.75, 3.05) is 36.7 Å². The molecule has 9 nitrogen and oxygen atoms in total. The number of pyridine rings is 1. The van der Waals surface area contributed by atoms with Crippen LogP contribution in [0.25, 0.3) is 10.9 Å². The Bertz CT molecular complexity index is 1510. The van der Waals surface area contributed by atoms with Gasteiger partial charge in [-0.2, -0.15) is 0 Å². The largest absolute Gasteiger partial charge is 0.493 e. The van der Waals surface area contributed by atoms with Crippen LogP contribution in [0.4, 0.5) is 27.1 Å². The number of rotatable bonds is 10. The monoisotopic (exact) mass is 529 g/mol. The first kappa shape index (κ1) is 26.9. The van der Waals surface area contributed by atoms with Gasteiger partial charge in [-0.05, 0) is 67.6 Å². The van der Waals surface area contributed by atoms with Gasteiger partial charge in [0.2, 0.25) is 0 Å². The Morgan fingerprint density at radius 3 is 2.00 bits per heavy atom. The Hall–Kier alpha value is -5.12. The van der Waals surface area contributed by atoms with Gasteiger partial charge in [0.15, 0.2) is 11.5 Å². The number of halogens is 1. The smallest absolute Gasteiger partial charge is 0.262 e. The van der Waals surface area contributed by atoms with E-state index >= 15 is 0 Å². The van der Waals surface area contributed by atoms with Gasteiger partial charge >= 0.3 is 0 Å². The molecule has 4 N–H and O–H groups in total. The molecule has 1 heterocycles. The molecule has 0 saturated carbocycles. The molecule has 0 aliphatic heterocycles. The summed E-state index contributed by atoms with van der Waals surface area (Å²) in [6.07, 6.45) is 3.04. The molecule has 0 saturated heterocycles. The van der Waals surface area contributed by atoms with Crippen LogP contribution in [0.15, 0.2) is 84.7 Å². The van der Waals surface area contributed by atoms with Crippen LogP contribution in [0.3, 0.4) is 0 Å². The normalized spacial score (nSPS) is 11.0. The lowest BCUT2D eigenvalue weighted by Crippen LogP contribution is -2.27. The van der Waals surface area contributed by atoms with Gasteiger partial charge in [0.1, 0.15) is 11.4 Å². The zero-order valence-electron chi connectivity index (χ0n) is 21.7. The number of hydrogen-bond donors (Lipinski definition) is 4. The van der Waals surface area contributed by atoms with Crippen molar-refractivity contribution in [3.05, 3.63) is 90.5 Å². The second-order valence-electron chi connectivity index (χ2n) is 8.32. The summed E-state index contributed by atoms with van der Waals surface area (Å²) >= 11 is 0. The van der Waals surface area contributed by atoms with Crippen molar-refractivity contribution < 1.29 is 23.5 Å². The van der Waals surface area contributed by atoms with Crippen molar-refractivity contribution in [2.45, 2.75) is 6.92 Å². The highest BCUT2D eigenvalue weighted by Crippen LogP contribution is 2.35. The standard InChI is InChI=1S/C29H28FN5O4/c1-4-31-17-23(28(36)34-20-7-5-18(30)6-8-20)29(37)35-21-11-9-19(10-12-21)33-24-13-14-32-25-16-27(39-3)26(38-2)15-22(24)25/h5-17,31H,4H2,1-3H3,(H,32,33)(H,34,36)(H,35,37)/b23-17+. The molecule has 0 aliphatic rings. The number of anilines is 4. The molecule has 4 aromatic rings. The third-order valence-electron chi connectivity index (χ3n) is 5.71. The van der Waals surface area contributed by atoms with Crippen molar-refractivity contribution in [2.24, 2.45) is 0 Å². The molecule has 3 aromatic carbocycles. The number of fused-ring (bicyclic) bond motifs is 1. The maximum absolute atomic E-state index is 13.2. The Morgan fingerprint density at radius 1 is 0.846 bits per heavy atom. The predicted octanol–water partition coefficient (Wildman–Crippen LogP) is 5.21. The number of aromatic nitrogens is 1. The van der Waals surface area contributed by atoms with E-state index in [0.717, 1.165) is 22.3 Å². The third-order valence-corrected chi connectivity index (χ3v) is 5.71. The molecule has 1 aromatic heterocycles. The summed E-state index contributed by atoms with van der Waals surface area (Å²) in [4.78, 5) is 30.1. The average Bonchev–Trinajstić information content (AvgIpc) is 2.95. The van der Waals surface area contributed by atoms with Crippen LogP contribution in [-0.2, 0) is 9.59 Å². The molecule has 0 bridgehead atoms. The fourth-order valence-electron chi connectivity index (χ4n) is 3.74. The van der Waals surface area contributed by atoms with Gasteiger partial charge in [-0.1, -0.05) is 0 Å². The number of ether oxygens (including phenoxy) is 2. The molecule has 2 amide bonds. The number of carbonyl (C=O) groups is 2. The van der Waals surface area contributed by atoms with E-state index in [-0.39, 0.29) is 5.57 Å². The average molecular weight is 530 g/mol. The van der Waals surface area contributed by atoms with Gasteiger partial charge in [-0.15, -0.1) is 0 Å². The number of amides is 2. The quantitative estimate of drug-likeness (QED) is 0.127. The lowest BCUT2D eigenvalue weighted by Gasteiger charge is -2.14. The minimum Gasteiger partial charge on any atom is -0.493 e. The highest BCUT2D eigenvalue weighted by molar-refractivity contribution is 6.26. The maximum Gasteiger partial charge on any atom is 0.262 e. The first-order valence-electron chi connectivity index (χ1n) is 12.1. The van der Waals surface area contributed by atoms with Gasteiger partial charge in [0.25, 0.3) is 11.8 Å². The first-order chi connectivity index (χ1) is 18.9. The fraction of sp³-hybridized carbons (Fsp3) is 0.138. The van der Waals surface area contributed by atoms with E-state index in [1.54, 1.807) is 44.7 Å². The second-order valence-corrected chi connectivity index (χ2v) is 8.32. The number of methoxy groups -OCH3 is 2. The number of nitrogens with one attached hydrogen (secondary N) is 4. The first-order valence-corrected chi connectivity index (χ1v) is 12.1. The fourth-order valence-corrected chi connectivity index (χ4v) is 3.74. The summed E-state index contributed by atoms with van der Waals surface area (Å²) in [5, 5.41) is 12.4. The summed E-state index contributed by atoms with van der Waals surface area (Å²) < 4.78 is 24.0. The lowest BCUT2D eigenvalue weighted by molar-refractivity contribution is -0.118. The van der Waals surface area contributed by atoms with Crippen LogP contribution in [0.2, 0.25) is 0 Å². The van der Waals surface area contributed by atoms with Gasteiger partial charge in [0, 0.05) is 53.1 Å². The van der Waals surface area contributed by atoms with E-state index in [1.165, 1.54) is 30.5 Å². The number of carbonyl (C=O) groups excluding carboxylic acids is 2. The molecule has 4 rings (SSSR count). The topological polar surface area (TPSA) is 114 Å². The zero-order chi connectivity index (χ0) is 27.8. The van der Waals surface area contributed by atoms with E-state index in [2.05, 4.69) is 26.3 Å². The van der Waals surface area contributed by atoms with Crippen molar-refractivity contribution in [3.63, 3.8) is 0 Å².